The molecule has 0 N–H and O–H groups in total. The molecule has 1 amide bonds. The first kappa shape index (κ1) is 21.3. The Bertz CT molecular complexity index is 970. The van der Waals surface area contributed by atoms with Crippen LogP contribution in [0.15, 0.2) is 53.4 Å². The molecule has 1 saturated heterocycles. The minimum atomic E-state index is -3.78. The third-order valence-corrected chi connectivity index (χ3v) is 6.81. The van der Waals surface area contributed by atoms with Crippen LogP contribution in [0, 0.1) is 5.82 Å². The topological polar surface area (TPSA) is 66.9 Å². The van der Waals surface area contributed by atoms with Crippen molar-refractivity contribution in [1.29, 1.82) is 0 Å². The molecular weight excluding hydrogens is 395 g/mol. The van der Waals surface area contributed by atoms with Crippen LogP contribution < -0.4 is 4.74 Å². The number of rotatable bonds is 6. The molecule has 8 heteroatoms. The third-order valence-electron chi connectivity index (χ3n) is 4.92. The SMILES string of the molecule is CC(C)c1ccccc1OCC(=O)N1CCN(S(=O)(=O)c2cccc(F)c2)CC1. The van der Waals surface area contributed by atoms with Crippen LogP contribution in [0.2, 0.25) is 0 Å². The van der Waals surface area contributed by atoms with Crippen LogP contribution >= 0.6 is 0 Å². The van der Waals surface area contributed by atoms with Gasteiger partial charge in [-0.15, -0.1) is 0 Å². The number of ether oxygens (including phenoxy) is 1. The molecule has 0 aromatic heterocycles. The number of carbonyl (C=O) groups is 1. The molecule has 29 heavy (non-hydrogen) atoms. The molecule has 2 aromatic carbocycles. The Labute approximate surface area is 170 Å². The maximum atomic E-state index is 13.4. The molecule has 6 nitrogen and oxygen atoms in total. The summed E-state index contributed by atoms with van der Waals surface area (Å²) in [5.41, 5.74) is 1.03. The summed E-state index contributed by atoms with van der Waals surface area (Å²) in [6.45, 7) is 4.87. The van der Waals surface area contributed by atoms with Crippen molar-refractivity contribution < 1.29 is 22.3 Å². The van der Waals surface area contributed by atoms with Crippen LogP contribution in [-0.4, -0.2) is 56.3 Å². The maximum Gasteiger partial charge on any atom is 0.260 e. The molecule has 2 aromatic rings. The number of benzene rings is 2. The summed E-state index contributed by atoms with van der Waals surface area (Å²) in [4.78, 5) is 14.0. The fourth-order valence-corrected chi connectivity index (χ4v) is 4.73. The molecule has 1 fully saturated rings. The standard InChI is InChI=1S/C21H25FN2O4S/c1-16(2)19-8-3-4-9-20(19)28-15-21(25)23-10-12-24(13-11-23)29(26,27)18-7-5-6-17(22)14-18/h3-9,14,16H,10-13,15H2,1-2H3. The van der Waals surface area contributed by atoms with Crippen LogP contribution in [0.1, 0.15) is 25.3 Å². The van der Waals surface area contributed by atoms with Crippen molar-refractivity contribution in [3.05, 3.63) is 59.9 Å². The van der Waals surface area contributed by atoms with E-state index in [-0.39, 0.29) is 49.5 Å². The van der Waals surface area contributed by atoms with Gasteiger partial charge in [0.1, 0.15) is 11.6 Å². The number of piperazine rings is 1. The largest absolute Gasteiger partial charge is 0.483 e. The molecule has 1 heterocycles. The summed E-state index contributed by atoms with van der Waals surface area (Å²) in [5, 5.41) is 0. The molecule has 156 valence electrons. The average molecular weight is 421 g/mol. The predicted octanol–water partition coefficient (Wildman–Crippen LogP) is 2.86. The minimum Gasteiger partial charge on any atom is -0.483 e. The number of sulfonamides is 1. The fourth-order valence-electron chi connectivity index (χ4n) is 3.27. The first-order valence-electron chi connectivity index (χ1n) is 9.54. The lowest BCUT2D eigenvalue weighted by Gasteiger charge is -2.34. The molecule has 0 saturated carbocycles. The van der Waals surface area contributed by atoms with E-state index in [0.29, 0.717) is 5.75 Å². The van der Waals surface area contributed by atoms with Gasteiger partial charge in [-0.3, -0.25) is 4.79 Å². The highest BCUT2D eigenvalue weighted by Gasteiger charge is 2.30. The lowest BCUT2D eigenvalue weighted by atomic mass is 10.0. The highest BCUT2D eigenvalue weighted by molar-refractivity contribution is 7.89. The van der Waals surface area contributed by atoms with E-state index in [0.717, 1.165) is 11.6 Å². The van der Waals surface area contributed by atoms with Gasteiger partial charge >= 0.3 is 0 Å². The average Bonchev–Trinajstić information content (AvgIpc) is 2.72. The number of carbonyl (C=O) groups excluding carboxylic acids is 1. The number of hydrogen-bond acceptors (Lipinski definition) is 4. The van der Waals surface area contributed by atoms with Gasteiger partial charge in [-0.05, 0) is 35.7 Å². The van der Waals surface area contributed by atoms with Gasteiger partial charge in [-0.25, -0.2) is 12.8 Å². The van der Waals surface area contributed by atoms with E-state index >= 15 is 0 Å². The highest BCUT2D eigenvalue weighted by Crippen LogP contribution is 2.26. The maximum absolute atomic E-state index is 13.4. The molecular formula is C21H25FN2O4S. The van der Waals surface area contributed by atoms with Crippen molar-refractivity contribution in [3.8, 4) is 5.75 Å². The quantitative estimate of drug-likeness (QED) is 0.721. The fraction of sp³-hybridized carbons (Fsp3) is 0.381. The molecule has 1 aliphatic rings. The van der Waals surface area contributed by atoms with Gasteiger partial charge in [-0.2, -0.15) is 4.31 Å². The first-order chi connectivity index (χ1) is 13.8. The summed E-state index contributed by atoms with van der Waals surface area (Å²) in [7, 11) is -3.78. The second-order valence-corrected chi connectivity index (χ2v) is 9.16. The molecule has 0 bridgehead atoms. The van der Waals surface area contributed by atoms with Gasteiger partial charge in [0.05, 0.1) is 4.90 Å². The van der Waals surface area contributed by atoms with Gasteiger partial charge < -0.3 is 9.64 Å². The summed E-state index contributed by atoms with van der Waals surface area (Å²) >= 11 is 0. The number of halogens is 1. The molecule has 0 aliphatic carbocycles. The van der Waals surface area contributed by atoms with Crippen LogP contribution in [0.4, 0.5) is 4.39 Å². The Balaban J connectivity index is 1.57. The zero-order chi connectivity index (χ0) is 21.0. The number of nitrogens with zero attached hydrogens (tertiary/aromatic N) is 2. The Morgan fingerprint density at radius 1 is 1.07 bits per heavy atom. The van der Waals surface area contributed by atoms with Gasteiger partial charge in [0.25, 0.3) is 5.91 Å². The summed E-state index contributed by atoms with van der Waals surface area (Å²) < 4.78 is 45.7. The van der Waals surface area contributed by atoms with Crippen molar-refractivity contribution in [2.45, 2.75) is 24.7 Å². The number of para-hydroxylation sites is 1. The monoisotopic (exact) mass is 420 g/mol. The third kappa shape index (κ3) is 4.94. The van der Waals surface area contributed by atoms with Crippen LogP contribution in [-0.2, 0) is 14.8 Å². The van der Waals surface area contributed by atoms with E-state index in [1.54, 1.807) is 4.90 Å². The van der Waals surface area contributed by atoms with Crippen LogP contribution in [0.5, 0.6) is 5.75 Å². The van der Waals surface area contributed by atoms with E-state index in [4.69, 9.17) is 4.74 Å². The summed E-state index contributed by atoms with van der Waals surface area (Å²) in [6, 6.07) is 12.6. The zero-order valence-electron chi connectivity index (χ0n) is 16.5. The molecule has 0 atom stereocenters. The van der Waals surface area contributed by atoms with Gasteiger partial charge in [0.2, 0.25) is 10.0 Å². The number of hydrogen-bond donors (Lipinski definition) is 0. The predicted molar refractivity (Wildman–Crippen MR) is 108 cm³/mol. The van der Waals surface area contributed by atoms with E-state index in [2.05, 4.69) is 13.8 Å². The molecule has 1 aliphatic heterocycles. The molecule has 0 radical (unpaired) electrons. The minimum absolute atomic E-state index is 0.0779. The summed E-state index contributed by atoms with van der Waals surface area (Å²) in [6.07, 6.45) is 0. The van der Waals surface area contributed by atoms with Crippen LogP contribution in [0.3, 0.4) is 0 Å². The van der Waals surface area contributed by atoms with Crippen molar-refractivity contribution in [1.82, 2.24) is 9.21 Å². The van der Waals surface area contributed by atoms with Gasteiger partial charge in [0, 0.05) is 26.2 Å². The Kier molecular flexibility index (Phi) is 6.54. The van der Waals surface area contributed by atoms with Gasteiger partial charge in [0.15, 0.2) is 6.61 Å². The Morgan fingerprint density at radius 2 is 1.76 bits per heavy atom. The second-order valence-electron chi connectivity index (χ2n) is 7.22. The Hall–Kier alpha value is -2.45. The van der Waals surface area contributed by atoms with E-state index in [1.165, 1.54) is 22.5 Å². The normalized spacial score (nSPS) is 15.5. The first-order valence-corrected chi connectivity index (χ1v) is 11.0. The van der Waals surface area contributed by atoms with Crippen molar-refractivity contribution in [3.63, 3.8) is 0 Å². The molecule has 3 rings (SSSR count). The van der Waals surface area contributed by atoms with Gasteiger partial charge in [-0.1, -0.05) is 38.1 Å². The van der Waals surface area contributed by atoms with Crippen molar-refractivity contribution in [2.24, 2.45) is 0 Å². The van der Waals surface area contributed by atoms with Crippen molar-refractivity contribution >= 4 is 15.9 Å². The smallest absolute Gasteiger partial charge is 0.260 e. The molecule has 0 unspecified atom stereocenters. The van der Waals surface area contributed by atoms with Crippen LogP contribution in [0.25, 0.3) is 0 Å². The summed E-state index contributed by atoms with van der Waals surface area (Å²) in [5.74, 6) is 0.172. The van der Waals surface area contributed by atoms with E-state index in [9.17, 15) is 17.6 Å². The lowest BCUT2D eigenvalue weighted by Crippen LogP contribution is -2.51. The zero-order valence-corrected chi connectivity index (χ0v) is 17.4. The Morgan fingerprint density at radius 3 is 2.41 bits per heavy atom. The second kappa shape index (κ2) is 8.92. The highest BCUT2D eigenvalue weighted by atomic mass is 32.2. The van der Waals surface area contributed by atoms with E-state index < -0.39 is 15.8 Å². The lowest BCUT2D eigenvalue weighted by molar-refractivity contribution is -0.134. The number of amides is 1. The molecule has 0 spiro atoms. The van der Waals surface area contributed by atoms with E-state index in [1.807, 2.05) is 24.3 Å². The van der Waals surface area contributed by atoms with Crippen molar-refractivity contribution in [2.75, 3.05) is 32.8 Å².